The standard InChI is InChI=1S/C27H34O4S/c1-17(2)27(13-12-19-10-8-7-9-11-19)16-22(29)24(25(30)31-27)32-23-14-18(3)21(28)15-20(23)26(4,5)6/h7-11,14-15,17,28-29H,12-13,16H2,1-6H3. The first kappa shape index (κ1) is 24.2. The Morgan fingerprint density at radius 3 is 2.34 bits per heavy atom. The van der Waals surface area contributed by atoms with Gasteiger partial charge >= 0.3 is 5.97 Å². The van der Waals surface area contributed by atoms with E-state index in [1.54, 1.807) is 6.07 Å². The van der Waals surface area contributed by atoms with Crippen LogP contribution < -0.4 is 0 Å². The number of esters is 1. The highest BCUT2D eigenvalue weighted by Gasteiger charge is 2.44. The zero-order valence-corrected chi connectivity index (χ0v) is 20.7. The number of benzene rings is 2. The molecule has 0 saturated carbocycles. The highest BCUT2D eigenvalue weighted by atomic mass is 32.2. The van der Waals surface area contributed by atoms with Gasteiger partial charge in [-0.2, -0.15) is 0 Å². The lowest BCUT2D eigenvalue weighted by atomic mass is 9.80. The summed E-state index contributed by atoms with van der Waals surface area (Å²) < 4.78 is 6.06. The molecule has 1 aliphatic rings. The number of rotatable bonds is 6. The van der Waals surface area contributed by atoms with Gasteiger partial charge in [-0.05, 0) is 59.9 Å². The molecule has 1 atom stereocenters. The predicted molar refractivity (Wildman–Crippen MR) is 130 cm³/mol. The number of phenols is 1. The van der Waals surface area contributed by atoms with Crippen molar-refractivity contribution in [1.82, 2.24) is 0 Å². The Labute approximate surface area is 195 Å². The molecule has 0 bridgehead atoms. The lowest BCUT2D eigenvalue weighted by Gasteiger charge is -2.40. The van der Waals surface area contributed by atoms with Crippen molar-refractivity contribution in [3.8, 4) is 5.75 Å². The van der Waals surface area contributed by atoms with E-state index in [9.17, 15) is 15.0 Å². The summed E-state index contributed by atoms with van der Waals surface area (Å²) in [6.07, 6.45) is 1.72. The minimum absolute atomic E-state index is 0.0601. The Balaban J connectivity index is 1.91. The number of carbonyl (C=O) groups is 1. The molecule has 32 heavy (non-hydrogen) atoms. The lowest BCUT2D eigenvalue weighted by Crippen LogP contribution is -2.44. The molecule has 2 aromatic rings. The average molecular weight is 455 g/mol. The van der Waals surface area contributed by atoms with E-state index in [0.717, 1.165) is 22.4 Å². The normalized spacial score (nSPS) is 19.4. The summed E-state index contributed by atoms with van der Waals surface area (Å²) in [7, 11) is 0. The van der Waals surface area contributed by atoms with Gasteiger partial charge in [-0.3, -0.25) is 0 Å². The van der Waals surface area contributed by atoms with Crippen molar-refractivity contribution < 1.29 is 19.7 Å². The fourth-order valence-corrected chi connectivity index (χ4v) is 5.30. The van der Waals surface area contributed by atoms with Crippen molar-refractivity contribution in [3.63, 3.8) is 0 Å². The fourth-order valence-electron chi connectivity index (χ4n) is 4.05. The van der Waals surface area contributed by atoms with Gasteiger partial charge < -0.3 is 14.9 Å². The zero-order chi connectivity index (χ0) is 23.7. The van der Waals surface area contributed by atoms with Gasteiger partial charge in [0.2, 0.25) is 0 Å². The van der Waals surface area contributed by atoms with E-state index < -0.39 is 11.6 Å². The number of phenolic OH excluding ortho intramolecular Hbond substituents is 1. The van der Waals surface area contributed by atoms with E-state index in [1.165, 1.54) is 17.3 Å². The molecule has 0 fully saturated rings. The van der Waals surface area contributed by atoms with Crippen LogP contribution in [-0.2, 0) is 21.4 Å². The summed E-state index contributed by atoms with van der Waals surface area (Å²) in [5.41, 5.74) is 1.85. The Morgan fingerprint density at radius 2 is 1.78 bits per heavy atom. The maximum absolute atomic E-state index is 13.1. The van der Waals surface area contributed by atoms with Crippen LogP contribution in [0.1, 0.15) is 64.2 Å². The molecule has 2 aromatic carbocycles. The van der Waals surface area contributed by atoms with Gasteiger partial charge in [0.1, 0.15) is 22.0 Å². The molecule has 172 valence electrons. The minimum atomic E-state index is -0.737. The Bertz CT molecular complexity index is 1020. The molecule has 0 aromatic heterocycles. The molecule has 0 amide bonds. The number of aliphatic hydroxyl groups is 1. The van der Waals surface area contributed by atoms with Gasteiger partial charge in [0.05, 0.1) is 0 Å². The molecule has 5 heteroatoms. The number of aliphatic hydroxyl groups excluding tert-OH is 1. The first-order chi connectivity index (χ1) is 14.9. The number of carbonyl (C=O) groups excluding carboxylic acids is 1. The van der Waals surface area contributed by atoms with Crippen molar-refractivity contribution in [1.29, 1.82) is 0 Å². The number of thioether (sulfide) groups is 1. The second-order valence-corrected chi connectivity index (χ2v) is 11.1. The van der Waals surface area contributed by atoms with Crippen molar-refractivity contribution in [2.45, 2.75) is 76.7 Å². The maximum atomic E-state index is 13.1. The largest absolute Gasteiger partial charge is 0.511 e. The van der Waals surface area contributed by atoms with Gasteiger partial charge in [0.25, 0.3) is 0 Å². The summed E-state index contributed by atoms with van der Waals surface area (Å²) in [4.78, 5) is 14.2. The third-order valence-corrected chi connectivity index (χ3v) is 7.42. The molecule has 1 heterocycles. The van der Waals surface area contributed by atoms with Crippen molar-refractivity contribution in [3.05, 3.63) is 69.8 Å². The predicted octanol–water partition coefficient (Wildman–Crippen LogP) is 6.83. The first-order valence-corrected chi connectivity index (χ1v) is 12.0. The molecular weight excluding hydrogens is 420 g/mol. The van der Waals surface area contributed by atoms with E-state index in [2.05, 4.69) is 32.9 Å². The number of cyclic esters (lactones) is 1. The van der Waals surface area contributed by atoms with Crippen LogP contribution in [0.2, 0.25) is 0 Å². The lowest BCUT2D eigenvalue weighted by molar-refractivity contribution is -0.164. The van der Waals surface area contributed by atoms with Crippen LogP contribution in [-0.4, -0.2) is 21.8 Å². The molecule has 4 nitrogen and oxygen atoms in total. The topological polar surface area (TPSA) is 66.8 Å². The zero-order valence-electron chi connectivity index (χ0n) is 19.9. The molecule has 3 rings (SSSR count). The van der Waals surface area contributed by atoms with Gasteiger partial charge in [0, 0.05) is 11.3 Å². The van der Waals surface area contributed by atoms with E-state index in [1.807, 2.05) is 45.0 Å². The van der Waals surface area contributed by atoms with E-state index in [4.69, 9.17) is 4.74 Å². The van der Waals surface area contributed by atoms with Crippen LogP contribution >= 0.6 is 11.8 Å². The number of aryl methyl sites for hydroxylation is 2. The van der Waals surface area contributed by atoms with Gasteiger partial charge in [-0.15, -0.1) is 0 Å². The van der Waals surface area contributed by atoms with E-state index in [0.29, 0.717) is 12.8 Å². The quantitative estimate of drug-likeness (QED) is 0.468. The molecule has 2 N–H and O–H groups in total. The van der Waals surface area contributed by atoms with Gasteiger partial charge in [-0.1, -0.05) is 76.7 Å². The monoisotopic (exact) mass is 454 g/mol. The maximum Gasteiger partial charge on any atom is 0.349 e. The first-order valence-electron chi connectivity index (χ1n) is 11.1. The summed E-state index contributed by atoms with van der Waals surface area (Å²) in [5.74, 6) is -0.113. The van der Waals surface area contributed by atoms with Crippen LogP contribution in [0.3, 0.4) is 0 Å². The van der Waals surface area contributed by atoms with Crippen molar-refractivity contribution in [2.24, 2.45) is 5.92 Å². The number of aromatic hydroxyl groups is 1. The second-order valence-electron chi connectivity index (χ2n) is 10.0. The summed E-state index contributed by atoms with van der Waals surface area (Å²) >= 11 is 1.23. The van der Waals surface area contributed by atoms with Crippen molar-refractivity contribution >= 4 is 17.7 Å². The van der Waals surface area contributed by atoms with Crippen LogP contribution in [0.15, 0.2) is 58.0 Å². The van der Waals surface area contributed by atoms with Gasteiger partial charge in [0.15, 0.2) is 0 Å². The fraction of sp³-hybridized carbons (Fsp3) is 0.444. The van der Waals surface area contributed by atoms with Crippen LogP contribution in [0, 0.1) is 12.8 Å². The minimum Gasteiger partial charge on any atom is -0.511 e. The molecule has 1 unspecified atom stereocenters. The van der Waals surface area contributed by atoms with Crippen LogP contribution in [0.4, 0.5) is 0 Å². The highest BCUT2D eigenvalue weighted by Crippen LogP contribution is 2.45. The third kappa shape index (κ3) is 5.15. The van der Waals surface area contributed by atoms with Crippen LogP contribution in [0.5, 0.6) is 5.75 Å². The summed E-state index contributed by atoms with van der Waals surface area (Å²) in [6, 6.07) is 13.7. The number of hydrogen-bond donors (Lipinski definition) is 2. The molecule has 0 radical (unpaired) electrons. The SMILES string of the molecule is Cc1cc(SC2=C(O)CC(CCc3ccccc3)(C(C)C)OC2=O)c(C(C)(C)C)cc1O. The molecular formula is C27H34O4S. The summed E-state index contributed by atoms with van der Waals surface area (Å²) in [5, 5.41) is 21.2. The smallest absolute Gasteiger partial charge is 0.349 e. The molecule has 0 saturated heterocycles. The Hall–Kier alpha value is -2.40. The average Bonchev–Trinajstić information content (AvgIpc) is 2.71. The van der Waals surface area contributed by atoms with E-state index in [-0.39, 0.29) is 27.7 Å². The third-order valence-electron chi connectivity index (χ3n) is 6.26. The molecule has 1 aliphatic heterocycles. The van der Waals surface area contributed by atoms with Crippen molar-refractivity contribution in [2.75, 3.05) is 0 Å². The Kier molecular flexibility index (Phi) is 6.99. The summed E-state index contributed by atoms with van der Waals surface area (Å²) in [6.45, 7) is 12.1. The van der Waals surface area contributed by atoms with Gasteiger partial charge in [-0.25, -0.2) is 4.79 Å². The van der Waals surface area contributed by atoms with E-state index >= 15 is 0 Å². The molecule has 0 spiro atoms. The molecule has 0 aliphatic carbocycles. The van der Waals surface area contributed by atoms with Crippen LogP contribution in [0.25, 0.3) is 0 Å². The second kappa shape index (κ2) is 9.22. The highest BCUT2D eigenvalue weighted by molar-refractivity contribution is 8.04. The number of ether oxygens (including phenoxy) is 1. The number of hydrogen-bond acceptors (Lipinski definition) is 5. The Morgan fingerprint density at radius 1 is 1.12 bits per heavy atom.